The first-order valence-electron chi connectivity index (χ1n) is 7.97. The zero-order valence-corrected chi connectivity index (χ0v) is 14.9. The van der Waals surface area contributed by atoms with E-state index in [1.165, 1.54) is 19.3 Å². The van der Waals surface area contributed by atoms with Gasteiger partial charge in [0.25, 0.3) is 0 Å². The predicted octanol–water partition coefficient (Wildman–Crippen LogP) is 5.45. The van der Waals surface area contributed by atoms with Gasteiger partial charge in [-0.2, -0.15) is 0 Å². The summed E-state index contributed by atoms with van der Waals surface area (Å²) in [6, 6.07) is 5.78. The Hall–Kier alpha value is -0.410. The van der Waals surface area contributed by atoms with Gasteiger partial charge in [-0.1, -0.05) is 42.8 Å². The van der Waals surface area contributed by atoms with Crippen LogP contribution in [-0.2, 0) is 0 Å². The molecule has 0 aliphatic heterocycles. The summed E-state index contributed by atoms with van der Waals surface area (Å²) >= 11 is 3.49. The third-order valence-electron chi connectivity index (χ3n) is 6.67. The van der Waals surface area contributed by atoms with Crippen LogP contribution in [0.1, 0.15) is 58.6 Å². The van der Waals surface area contributed by atoms with Crippen LogP contribution in [0.3, 0.4) is 0 Å². The molecule has 1 aromatic carbocycles. The fourth-order valence-electron chi connectivity index (χ4n) is 4.70. The summed E-state index contributed by atoms with van der Waals surface area (Å²) in [6.07, 6.45) is 3.96. The smallest absolute Gasteiger partial charge is 0.124 e. The zero-order valence-electron chi connectivity index (χ0n) is 13.3. The van der Waals surface area contributed by atoms with Crippen molar-refractivity contribution in [3.05, 3.63) is 34.1 Å². The molecular formula is C18H25BrFN. The van der Waals surface area contributed by atoms with Gasteiger partial charge in [-0.3, -0.25) is 0 Å². The molecule has 2 saturated carbocycles. The largest absolute Gasteiger partial charge is 0.307 e. The second-order valence-corrected chi connectivity index (χ2v) is 8.57. The Labute approximate surface area is 135 Å². The van der Waals surface area contributed by atoms with Crippen molar-refractivity contribution in [1.82, 2.24) is 5.32 Å². The summed E-state index contributed by atoms with van der Waals surface area (Å²) in [5.74, 6) is 0.648. The maximum atomic E-state index is 13.3. The van der Waals surface area contributed by atoms with Crippen molar-refractivity contribution < 1.29 is 4.39 Å². The van der Waals surface area contributed by atoms with Crippen LogP contribution in [0.25, 0.3) is 0 Å². The summed E-state index contributed by atoms with van der Waals surface area (Å²) in [4.78, 5) is 0. The minimum absolute atomic E-state index is 0.189. The third kappa shape index (κ3) is 2.28. The van der Waals surface area contributed by atoms with E-state index in [1.54, 1.807) is 12.1 Å². The maximum Gasteiger partial charge on any atom is 0.124 e. The summed E-state index contributed by atoms with van der Waals surface area (Å²) < 4.78 is 14.1. The van der Waals surface area contributed by atoms with Crippen molar-refractivity contribution in [3.63, 3.8) is 0 Å². The van der Waals surface area contributed by atoms with Crippen molar-refractivity contribution in [1.29, 1.82) is 0 Å². The molecule has 3 heteroatoms. The van der Waals surface area contributed by atoms with Crippen LogP contribution in [0.4, 0.5) is 4.39 Å². The Kier molecular flexibility index (Phi) is 3.73. The van der Waals surface area contributed by atoms with Crippen molar-refractivity contribution >= 4 is 15.9 Å². The van der Waals surface area contributed by atoms with E-state index in [1.807, 2.05) is 6.07 Å². The number of benzene rings is 1. The zero-order chi connectivity index (χ0) is 15.4. The Balaban J connectivity index is 1.79. The molecule has 4 unspecified atom stereocenters. The molecule has 1 aromatic rings. The first-order chi connectivity index (χ1) is 9.75. The monoisotopic (exact) mass is 353 g/mol. The number of hydrogen-bond donors (Lipinski definition) is 1. The van der Waals surface area contributed by atoms with Crippen molar-refractivity contribution in [2.45, 2.75) is 59.0 Å². The van der Waals surface area contributed by atoms with Crippen LogP contribution in [0, 0.1) is 22.6 Å². The van der Waals surface area contributed by atoms with E-state index in [9.17, 15) is 4.39 Å². The number of hydrogen-bond acceptors (Lipinski definition) is 1. The molecule has 116 valence electrons. The third-order valence-corrected chi connectivity index (χ3v) is 7.36. The van der Waals surface area contributed by atoms with Gasteiger partial charge in [-0.25, -0.2) is 4.39 Å². The van der Waals surface area contributed by atoms with Gasteiger partial charge in [0.2, 0.25) is 0 Å². The van der Waals surface area contributed by atoms with Crippen LogP contribution in [0.2, 0.25) is 0 Å². The highest BCUT2D eigenvalue weighted by Gasteiger charge is 2.61. The number of fused-ring (bicyclic) bond motifs is 2. The predicted molar refractivity (Wildman–Crippen MR) is 88.7 cm³/mol. The molecule has 0 saturated heterocycles. The topological polar surface area (TPSA) is 12.0 Å². The van der Waals surface area contributed by atoms with Gasteiger partial charge < -0.3 is 5.32 Å². The van der Waals surface area contributed by atoms with Crippen LogP contribution < -0.4 is 5.32 Å². The lowest BCUT2D eigenvalue weighted by atomic mass is 9.69. The summed E-state index contributed by atoms with van der Waals surface area (Å²) in [7, 11) is 0. The van der Waals surface area contributed by atoms with E-state index < -0.39 is 0 Å². The molecule has 0 aromatic heterocycles. The fraction of sp³-hybridized carbons (Fsp3) is 0.667. The normalized spacial score (nSPS) is 35.1. The van der Waals surface area contributed by atoms with Crippen LogP contribution in [-0.4, -0.2) is 6.04 Å². The highest BCUT2D eigenvalue weighted by atomic mass is 79.9. The molecule has 2 bridgehead atoms. The van der Waals surface area contributed by atoms with E-state index in [0.717, 1.165) is 16.0 Å². The molecule has 4 atom stereocenters. The first kappa shape index (κ1) is 15.5. The van der Waals surface area contributed by atoms with Crippen molar-refractivity contribution in [2.24, 2.45) is 16.7 Å². The van der Waals surface area contributed by atoms with E-state index in [4.69, 9.17) is 0 Å². The van der Waals surface area contributed by atoms with E-state index in [-0.39, 0.29) is 11.9 Å². The number of nitrogens with one attached hydrogen (secondary N) is 1. The lowest BCUT2D eigenvalue weighted by molar-refractivity contribution is 0.116. The molecular weight excluding hydrogens is 329 g/mol. The second kappa shape index (κ2) is 5.06. The summed E-state index contributed by atoms with van der Waals surface area (Å²) in [5, 5.41) is 3.83. The SMILES string of the molecule is CC(NC1CC2CCC1(C)C2(C)C)c1ccc(F)cc1Br. The van der Waals surface area contributed by atoms with Gasteiger partial charge in [-0.15, -0.1) is 0 Å². The van der Waals surface area contributed by atoms with E-state index in [2.05, 4.69) is 48.9 Å². The van der Waals surface area contributed by atoms with Crippen LogP contribution in [0.15, 0.2) is 22.7 Å². The molecule has 3 rings (SSSR count). The van der Waals surface area contributed by atoms with Crippen LogP contribution in [0.5, 0.6) is 0 Å². The van der Waals surface area contributed by atoms with Gasteiger partial charge >= 0.3 is 0 Å². The lowest BCUT2D eigenvalue weighted by Gasteiger charge is -2.41. The highest BCUT2D eigenvalue weighted by Crippen LogP contribution is 2.65. The molecule has 0 heterocycles. The second-order valence-electron chi connectivity index (χ2n) is 7.72. The van der Waals surface area contributed by atoms with Gasteiger partial charge in [0.05, 0.1) is 0 Å². The summed E-state index contributed by atoms with van der Waals surface area (Å²) in [6.45, 7) is 9.50. The average Bonchev–Trinajstić information content (AvgIpc) is 2.71. The maximum absolute atomic E-state index is 13.3. The molecule has 1 N–H and O–H groups in total. The van der Waals surface area contributed by atoms with Gasteiger partial charge in [-0.05, 0) is 60.6 Å². The minimum Gasteiger partial charge on any atom is -0.307 e. The van der Waals surface area contributed by atoms with E-state index in [0.29, 0.717) is 16.9 Å². The van der Waals surface area contributed by atoms with Gasteiger partial charge in [0.1, 0.15) is 5.82 Å². The van der Waals surface area contributed by atoms with Gasteiger partial charge in [0.15, 0.2) is 0 Å². The number of rotatable bonds is 3. The van der Waals surface area contributed by atoms with Crippen molar-refractivity contribution in [3.8, 4) is 0 Å². The molecule has 0 radical (unpaired) electrons. The minimum atomic E-state index is -0.189. The fourth-order valence-corrected chi connectivity index (χ4v) is 5.39. The standard InChI is InChI=1S/C18H25BrFN/c1-11(14-6-5-13(20)10-15(14)19)21-16-9-12-7-8-18(16,4)17(12,2)3/h5-6,10-12,16,21H,7-9H2,1-4H3. The van der Waals surface area contributed by atoms with Crippen LogP contribution >= 0.6 is 15.9 Å². The van der Waals surface area contributed by atoms with Gasteiger partial charge in [0, 0.05) is 16.6 Å². The molecule has 0 spiro atoms. The van der Waals surface area contributed by atoms with E-state index >= 15 is 0 Å². The average molecular weight is 354 g/mol. The molecule has 1 nitrogen and oxygen atoms in total. The Bertz CT molecular complexity index is 556. The molecule has 2 aliphatic rings. The Morgan fingerprint density at radius 1 is 1.33 bits per heavy atom. The molecule has 2 fully saturated rings. The molecule has 2 aliphatic carbocycles. The Morgan fingerprint density at radius 2 is 2.05 bits per heavy atom. The quantitative estimate of drug-likeness (QED) is 0.761. The molecule has 21 heavy (non-hydrogen) atoms. The summed E-state index contributed by atoms with van der Waals surface area (Å²) in [5.41, 5.74) is 1.93. The van der Waals surface area contributed by atoms with Crippen molar-refractivity contribution in [2.75, 3.05) is 0 Å². The highest BCUT2D eigenvalue weighted by molar-refractivity contribution is 9.10. The Morgan fingerprint density at radius 3 is 2.57 bits per heavy atom. The first-order valence-corrected chi connectivity index (χ1v) is 8.76. The lowest BCUT2D eigenvalue weighted by Crippen LogP contribution is -2.45. The number of halogens is 2. The molecule has 0 amide bonds.